The Morgan fingerprint density at radius 1 is 1.43 bits per heavy atom. The van der Waals surface area contributed by atoms with Gasteiger partial charge < -0.3 is 5.11 Å². The maximum atomic E-state index is 12.5. The highest BCUT2D eigenvalue weighted by Gasteiger charge is 2.27. The molecule has 0 spiro atoms. The standard InChI is InChI=1S/C13H20N2O4S2/c1-9-8-20-10(2)13(9)21(18,19)14-11-3-5-15(6-4-11)7-12(16)17/h8,11,14H,3-7H2,1-2H3,(H,16,17). The molecule has 118 valence electrons. The van der Waals surface area contributed by atoms with Gasteiger partial charge in [0.25, 0.3) is 0 Å². The Bertz CT molecular complexity index is 597. The van der Waals surface area contributed by atoms with Crippen molar-refractivity contribution in [2.24, 2.45) is 0 Å². The quantitative estimate of drug-likeness (QED) is 0.846. The van der Waals surface area contributed by atoms with Crippen LogP contribution in [0.15, 0.2) is 10.3 Å². The predicted molar refractivity (Wildman–Crippen MR) is 81.2 cm³/mol. The van der Waals surface area contributed by atoms with Crippen LogP contribution in [0.3, 0.4) is 0 Å². The van der Waals surface area contributed by atoms with Crippen LogP contribution in [0.2, 0.25) is 0 Å². The Morgan fingerprint density at radius 3 is 2.52 bits per heavy atom. The van der Waals surface area contributed by atoms with Crippen LogP contribution < -0.4 is 4.72 Å². The number of piperidine rings is 1. The maximum absolute atomic E-state index is 12.5. The van der Waals surface area contributed by atoms with E-state index in [1.54, 1.807) is 6.92 Å². The molecule has 0 unspecified atom stereocenters. The van der Waals surface area contributed by atoms with Crippen LogP contribution in [0.25, 0.3) is 0 Å². The van der Waals surface area contributed by atoms with Crippen LogP contribution in [0.4, 0.5) is 0 Å². The van der Waals surface area contributed by atoms with Crippen LogP contribution in [0.5, 0.6) is 0 Å². The van der Waals surface area contributed by atoms with E-state index < -0.39 is 16.0 Å². The lowest BCUT2D eigenvalue weighted by Gasteiger charge is -2.31. The molecule has 1 aliphatic heterocycles. The zero-order valence-corrected chi connectivity index (χ0v) is 13.8. The first kappa shape index (κ1) is 16.4. The van der Waals surface area contributed by atoms with E-state index in [4.69, 9.17) is 5.11 Å². The number of nitrogens with zero attached hydrogens (tertiary/aromatic N) is 1. The number of hydrogen-bond donors (Lipinski definition) is 2. The summed E-state index contributed by atoms with van der Waals surface area (Å²) in [6.07, 6.45) is 1.27. The van der Waals surface area contributed by atoms with Crippen molar-refractivity contribution in [1.82, 2.24) is 9.62 Å². The van der Waals surface area contributed by atoms with E-state index in [0.29, 0.717) is 30.8 Å². The van der Waals surface area contributed by atoms with Gasteiger partial charge in [-0.05, 0) is 37.6 Å². The Balaban J connectivity index is 1.99. The number of hydrogen-bond acceptors (Lipinski definition) is 5. The largest absolute Gasteiger partial charge is 0.480 e. The lowest BCUT2D eigenvalue weighted by molar-refractivity contribution is -0.138. The van der Waals surface area contributed by atoms with E-state index >= 15 is 0 Å². The number of sulfonamides is 1. The summed E-state index contributed by atoms with van der Waals surface area (Å²) in [4.78, 5) is 13.7. The number of thiophene rings is 1. The number of aryl methyl sites for hydroxylation is 2. The van der Waals surface area contributed by atoms with Crippen molar-refractivity contribution in [1.29, 1.82) is 0 Å². The third-order valence-corrected chi connectivity index (χ3v) is 6.59. The number of carboxylic acid groups (broad SMARTS) is 1. The van der Waals surface area contributed by atoms with Gasteiger partial charge in [-0.2, -0.15) is 0 Å². The fourth-order valence-electron chi connectivity index (χ4n) is 2.64. The summed E-state index contributed by atoms with van der Waals surface area (Å²) < 4.78 is 27.7. The van der Waals surface area contributed by atoms with Crippen LogP contribution >= 0.6 is 11.3 Å². The maximum Gasteiger partial charge on any atom is 0.317 e. The number of carboxylic acids is 1. The number of nitrogens with one attached hydrogen (secondary N) is 1. The highest BCUT2D eigenvalue weighted by Crippen LogP contribution is 2.26. The predicted octanol–water partition coefficient (Wildman–Crippen LogP) is 1.19. The van der Waals surface area contributed by atoms with E-state index in [1.807, 2.05) is 17.2 Å². The third-order valence-electron chi connectivity index (χ3n) is 3.63. The van der Waals surface area contributed by atoms with E-state index in [-0.39, 0.29) is 12.6 Å². The van der Waals surface area contributed by atoms with E-state index in [9.17, 15) is 13.2 Å². The molecule has 0 aromatic carbocycles. The third kappa shape index (κ3) is 4.03. The van der Waals surface area contributed by atoms with Crippen molar-refractivity contribution in [2.45, 2.75) is 37.6 Å². The molecule has 2 heterocycles. The van der Waals surface area contributed by atoms with E-state index in [1.165, 1.54) is 11.3 Å². The molecule has 6 nitrogen and oxygen atoms in total. The number of carbonyl (C=O) groups is 1. The highest BCUT2D eigenvalue weighted by atomic mass is 32.2. The summed E-state index contributed by atoms with van der Waals surface area (Å²) >= 11 is 1.43. The van der Waals surface area contributed by atoms with E-state index in [0.717, 1.165) is 10.4 Å². The van der Waals surface area contributed by atoms with Crippen LogP contribution in [0.1, 0.15) is 23.3 Å². The molecular weight excluding hydrogens is 312 g/mol. The van der Waals surface area contributed by atoms with Crippen LogP contribution in [-0.4, -0.2) is 50.1 Å². The van der Waals surface area contributed by atoms with Gasteiger partial charge in [-0.25, -0.2) is 13.1 Å². The fraction of sp³-hybridized carbons (Fsp3) is 0.615. The Labute approximate surface area is 128 Å². The lowest BCUT2D eigenvalue weighted by Crippen LogP contribution is -2.45. The topological polar surface area (TPSA) is 86.7 Å². The molecule has 1 fully saturated rings. The van der Waals surface area contributed by atoms with Crippen molar-refractivity contribution >= 4 is 27.3 Å². The molecule has 1 aromatic heterocycles. The summed E-state index contributed by atoms with van der Waals surface area (Å²) in [7, 11) is -3.49. The first-order valence-corrected chi connectivity index (χ1v) is 9.17. The first-order valence-electron chi connectivity index (χ1n) is 6.81. The molecule has 0 atom stereocenters. The summed E-state index contributed by atoms with van der Waals surface area (Å²) in [6.45, 7) is 4.82. The van der Waals surface area contributed by atoms with Gasteiger partial charge in [0.05, 0.1) is 11.4 Å². The van der Waals surface area contributed by atoms with Gasteiger partial charge in [0, 0.05) is 24.0 Å². The van der Waals surface area contributed by atoms with Gasteiger partial charge in [-0.3, -0.25) is 9.69 Å². The average molecular weight is 332 g/mol. The monoisotopic (exact) mass is 332 g/mol. The first-order chi connectivity index (χ1) is 9.79. The molecule has 8 heteroatoms. The molecule has 0 amide bonds. The van der Waals surface area contributed by atoms with Gasteiger partial charge in [0.15, 0.2) is 0 Å². The normalized spacial score (nSPS) is 18.0. The molecule has 0 aliphatic carbocycles. The molecule has 0 bridgehead atoms. The molecule has 0 radical (unpaired) electrons. The summed E-state index contributed by atoms with van der Waals surface area (Å²) in [5.41, 5.74) is 0.772. The summed E-state index contributed by atoms with van der Waals surface area (Å²) in [5, 5.41) is 10.6. The fourth-order valence-corrected chi connectivity index (χ4v) is 5.58. The van der Waals surface area contributed by atoms with Gasteiger partial charge in [0.2, 0.25) is 10.0 Å². The minimum absolute atomic E-state index is 0.0161. The molecule has 0 saturated carbocycles. The highest BCUT2D eigenvalue weighted by molar-refractivity contribution is 7.89. The number of likely N-dealkylation sites (tertiary alicyclic amines) is 1. The van der Waals surface area contributed by atoms with Crippen molar-refractivity contribution in [3.8, 4) is 0 Å². The zero-order valence-electron chi connectivity index (χ0n) is 12.1. The lowest BCUT2D eigenvalue weighted by atomic mass is 10.1. The molecule has 1 aliphatic rings. The van der Waals surface area contributed by atoms with Gasteiger partial charge in [-0.1, -0.05) is 0 Å². The second-order valence-electron chi connectivity index (χ2n) is 5.37. The van der Waals surface area contributed by atoms with E-state index in [2.05, 4.69) is 4.72 Å². The summed E-state index contributed by atoms with van der Waals surface area (Å²) in [5.74, 6) is -0.849. The molecule has 21 heavy (non-hydrogen) atoms. The molecular formula is C13H20N2O4S2. The molecule has 2 rings (SSSR count). The molecule has 1 aromatic rings. The minimum atomic E-state index is -3.49. The SMILES string of the molecule is Cc1csc(C)c1S(=O)(=O)NC1CCN(CC(=O)O)CC1. The van der Waals surface area contributed by atoms with Crippen LogP contribution in [-0.2, 0) is 14.8 Å². The van der Waals surface area contributed by atoms with Crippen LogP contribution in [0, 0.1) is 13.8 Å². The molecule has 2 N–H and O–H groups in total. The van der Waals surface area contributed by atoms with Crippen molar-refractivity contribution in [3.63, 3.8) is 0 Å². The second kappa shape index (κ2) is 6.43. The van der Waals surface area contributed by atoms with Crippen molar-refractivity contribution in [3.05, 3.63) is 15.8 Å². The van der Waals surface area contributed by atoms with Crippen molar-refractivity contribution in [2.75, 3.05) is 19.6 Å². The Hall–Kier alpha value is -0.960. The van der Waals surface area contributed by atoms with Gasteiger partial charge in [0.1, 0.15) is 0 Å². The van der Waals surface area contributed by atoms with Gasteiger partial charge in [-0.15, -0.1) is 11.3 Å². The Morgan fingerprint density at radius 2 is 2.05 bits per heavy atom. The smallest absolute Gasteiger partial charge is 0.317 e. The number of aliphatic carboxylic acids is 1. The minimum Gasteiger partial charge on any atom is -0.480 e. The Kier molecular flexibility index (Phi) is 5.03. The van der Waals surface area contributed by atoms with Gasteiger partial charge >= 0.3 is 5.97 Å². The zero-order chi connectivity index (χ0) is 15.6. The average Bonchev–Trinajstić information content (AvgIpc) is 2.71. The summed E-state index contributed by atoms with van der Waals surface area (Å²) in [6, 6.07) is -0.126. The number of rotatable bonds is 5. The van der Waals surface area contributed by atoms with Crippen molar-refractivity contribution < 1.29 is 18.3 Å². The second-order valence-corrected chi connectivity index (χ2v) is 8.10. The molecule has 1 saturated heterocycles.